The molecule has 6 heteroatoms. The lowest BCUT2D eigenvalue weighted by atomic mass is 10.2. The molecular formula is C12H16Cl2O4. The molecule has 2 N–H and O–H groups in total. The largest absolute Gasteiger partial charge is 0.481 e. The zero-order chi connectivity index (χ0) is 14.0. The van der Waals surface area contributed by atoms with E-state index in [2.05, 4.69) is 0 Å². The van der Waals surface area contributed by atoms with Gasteiger partial charge in [0.05, 0.1) is 6.61 Å². The van der Waals surface area contributed by atoms with Gasteiger partial charge in [-0.1, -0.05) is 60.5 Å². The molecule has 0 fully saturated rings. The maximum atomic E-state index is 9.37. The number of carboxylic acids is 1. The molecule has 0 aromatic heterocycles. The number of ether oxygens (including phenoxy) is 1. The van der Waals surface area contributed by atoms with E-state index < -0.39 is 17.1 Å². The van der Waals surface area contributed by atoms with E-state index in [1.807, 2.05) is 30.3 Å². The van der Waals surface area contributed by atoms with Gasteiger partial charge in [0.15, 0.2) is 0 Å². The molecule has 0 aliphatic carbocycles. The first kappa shape index (κ1) is 17.2. The number of carboxylic acid groups (broad SMARTS) is 1. The average Bonchev–Trinajstić information content (AvgIpc) is 2.38. The van der Waals surface area contributed by atoms with Gasteiger partial charge in [-0.05, 0) is 5.56 Å². The zero-order valence-corrected chi connectivity index (χ0v) is 11.5. The molecule has 1 aromatic carbocycles. The molecule has 0 radical (unpaired) electrons. The van der Waals surface area contributed by atoms with Crippen LogP contribution in [0.1, 0.15) is 18.9 Å². The number of alkyl halides is 2. The summed E-state index contributed by atoms with van der Waals surface area (Å²) in [5, 5.41) is 16.4. The molecule has 0 aliphatic heterocycles. The summed E-state index contributed by atoms with van der Waals surface area (Å²) in [6, 6.07) is 9.47. The highest BCUT2D eigenvalue weighted by Gasteiger charge is 2.22. The molecule has 0 atom stereocenters. The first-order valence-corrected chi connectivity index (χ1v) is 6.05. The Morgan fingerprint density at radius 3 is 2.22 bits per heavy atom. The number of rotatable bonds is 5. The predicted molar refractivity (Wildman–Crippen MR) is 70.7 cm³/mol. The van der Waals surface area contributed by atoms with Gasteiger partial charge < -0.3 is 14.9 Å². The third-order valence-electron chi connectivity index (χ3n) is 1.78. The van der Waals surface area contributed by atoms with Crippen molar-refractivity contribution in [3.8, 4) is 0 Å². The van der Waals surface area contributed by atoms with Crippen molar-refractivity contribution in [3.05, 3.63) is 35.9 Å². The van der Waals surface area contributed by atoms with E-state index in [1.165, 1.54) is 0 Å². The molecule has 0 unspecified atom stereocenters. The van der Waals surface area contributed by atoms with Gasteiger partial charge in [0.1, 0.15) is 6.61 Å². The van der Waals surface area contributed by atoms with Gasteiger partial charge in [-0.15, -0.1) is 0 Å². The summed E-state index contributed by atoms with van der Waals surface area (Å²) < 4.78 is 3.54. The van der Waals surface area contributed by atoms with Gasteiger partial charge in [-0.3, -0.25) is 4.79 Å². The SMILES string of the molecule is CCC(=O)O.OCC(Cl)(Cl)OCc1ccccc1. The summed E-state index contributed by atoms with van der Waals surface area (Å²) in [5.74, 6) is -0.745. The number of aliphatic hydroxyl groups excluding tert-OH is 1. The Labute approximate surface area is 116 Å². The minimum atomic E-state index is -1.50. The normalized spacial score (nSPS) is 10.4. The van der Waals surface area contributed by atoms with E-state index >= 15 is 0 Å². The van der Waals surface area contributed by atoms with E-state index in [9.17, 15) is 4.79 Å². The number of hydrogen-bond acceptors (Lipinski definition) is 3. The zero-order valence-electron chi connectivity index (χ0n) is 9.97. The van der Waals surface area contributed by atoms with Crippen molar-refractivity contribution in [1.82, 2.24) is 0 Å². The lowest BCUT2D eigenvalue weighted by Crippen LogP contribution is -2.22. The minimum absolute atomic E-state index is 0.222. The van der Waals surface area contributed by atoms with Crippen LogP contribution >= 0.6 is 23.2 Å². The van der Waals surface area contributed by atoms with Crippen molar-refractivity contribution >= 4 is 29.2 Å². The standard InChI is InChI=1S/C9H10Cl2O2.C3H6O2/c10-9(11,7-12)13-6-8-4-2-1-3-5-8;1-2-3(4)5/h1-5,12H,6-7H2;2H2,1H3,(H,4,5). The number of aliphatic carboxylic acids is 1. The Morgan fingerprint density at radius 1 is 1.33 bits per heavy atom. The fourth-order valence-electron chi connectivity index (χ4n) is 0.809. The molecule has 0 spiro atoms. The van der Waals surface area contributed by atoms with Crippen LogP contribution in [-0.2, 0) is 16.1 Å². The number of benzene rings is 1. The van der Waals surface area contributed by atoms with Crippen molar-refractivity contribution in [2.75, 3.05) is 6.61 Å². The number of hydrogen-bond donors (Lipinski definition) is 2. The van der Waals surface area contributed by atoms with Crippen molar-refractivity contribution < 1.29 is 19.7 Å². The van der Waals surface area contributed by atoms with Crippen LogP contribution in [0.4, 0.5) is 0 Å². The van der Waals surface area contributed by atoms with Crippen LogP contribution in [0.5, 0.6) is 0 Å². The minimum Gasteiger partial charge on any atom is -0.481 e. The topological polar surface area (TPSA) is 66.8 Å². The maximum Gasteiger partial charge on any atom is 0.303 e. The number of carbonyl (C=O) groups is 1. The summed E-state index contributed by atoms with van der Waals surface area (Å²) in [7, 11) is 0. The Balaban J connectivity index is 0.000000494. The second kappa shape index (κ2) is 9.16. The van der Waals surface area contributed by atoms with Gasteiger partial charge in [0.25, 0.3) is 0 Å². The third-order valence-corrected chi connectivity index (χ3v) is 2.24. The van der Waals surface area contributed by atoms with Gasteiger partial charge in [0, 0.05) is 6.42 Å². The highest BCUT2D eigenvalue weighted by molar-refractivity contribution is 6.47. The Kier molecular flexibility index (Phi) is 8.75. The van der Waals surface area contributed by atoms with Crippen LogP contribution in [0.25, 0.3) is 0 Å². The second-order valence-corrected chi connectivity index (χ2v) is 4.73. The molecule has 0 saturated carbocycles. The predicted octanol–water partition coefficient (Wildman–Crippen LogP) is 2.81. The molecular weight excluding hydrogens is 279 g/mol. The van der Waals surface area contributed by atoms with Gasteiger partial charge in [0.2, 0.25) is 4.52 Å². The van der Waals surface area contributed by atoms with Gasteiger partial charge in [-0.25, -0.2) is 0 Å². The first-order chi connectivity index (χ1) is 8.41. The lowest BCUT2D eigenvalue weighted by molar-refractivity contribution is -0.136. The monoisotopic (exact) mass is 294 g/mol. The van der Waals surface area contributed by atoms with Crippen molar-refractivity contribution in [2.24, 2.45) is 0 Å². The van der Waals surface area contributed by atoms with Crippen LogP contribution in [0, 0.1) is 0 Å². The molecule has 4 nitrogen and oxygen atoms in total. The Hall–Kier alpha value is -0.810. The molecule has 0 heterocycles. The second-order valence-electron chi connectivity index (χ2n) is 3.32. The van der Waals surface area contributed by atoms with Crippen molar-refractivity contribution in [2.45, 2.75) is 24.5 Å². The van der Waals surface area contributed by atoms with Crippen LogP contribution in [0.15, 0.2) is 30.3 Å². The highest BCUT2D eigenvalue weighted by atomic mass is 35.5. The number of halogens is 2. The number of aliphatic hydroxyl groups is 1. The third kappa shape index (κ3) is 9.24. The van der Waals surface area contributed by atoms with Crippen LogP contribution in [0.2, 0.25) is 0 Å². The van der Waals surface area contributed by atoms with E-state index in [1.54, 1.807) is 6.92 Å². The molecule has 1 aromatic rings. The molecule has 1 rings (SSSR count). The van der Waals surface area contributed by atoms with E-state index in [4.69, 9.17) is 38.2 Å². The summed E-state index contributed by atoms with van der Waals surface area (Å²) in [5.41, 5.74) is 0.960. The molecule has 102 valence electrons. The van der Waals surface area contributed by atoms with Crippen LogP contribution in [-0.4, -0.2) is 27.3 Å². The van der Waals surface area contributed by atoms with E-state index in [0.717, 1.165) is 5.56 Å². The molecule has 0 saturated heterocycles. The Bertz CT molecular complexity index is 341. The summed E-state index contributed by atoms with van der Waals surface area (Å²) in [4.78, 5) is 9.37. The van der Waals surface area contributed by atoms with E-state index in [0.29, 0.717) is 0 Å². The summed E-state index contributed by atoms with van der Waals surface area (Å²) in [6.07, 6.45) is 0.222. The fraction of sp³-hybridized carbons (Fsp3) is 0.417. The maximum absolute atomic E-state index is 9.37. The smallest absolute Gasteiger partial charge is 0.303 e. The summed E-state index contributed by atoms with van der Waals surface area (Å²) >= 11 is 11.1. The lowest BCUT2D eigenvalue weighted by Gasteiger charge is -2.16. The van der Waals surface area contributed by atoms with Crippen molar-refractivity contribution in [1.29, 1.82) is 0 Å². The quantitative estimate of drug-likeness (QED) is 0.820. The van der Waals surface area contributed by atoms with Gasteiger partial charge in [-0.2, -0.15) is 0 Å². The molecule has 0 amide bonds. The fourth-order valence-corrected chi connectivity index (χ4v) is 0.918. The molecule has 18 heavy (non-hydrogen) atoms. The first-order valence-electron chi connectivity index (χ1n) is 5.29. The van der Waals surface area contributed by atoms with Crippen molar-refractivity contribution in [3.63, 3.8) is 0 Å². The van der Waals surface area contributed by atoms with Gasteiger partial charge >= 0.3 is 5.97 Å². The summed E-state index contributed by atoms with van der Waals surface area (Å²) in [6.45, 7) is 1.46. The Morgan fingerprint density at radius 2 is 1.83 bits per heavy atom. The molecule has 0 aliphatic rings. The highest BCUT2D eigenvalue weighted by Crippen LogP contribution is 2.22. The van der Waals surface area contributed by atoms with Crippen LogP contribution in [0.3, 0.4) is 0 Å². The van der Waals surface area contributed by atoms with Crippen LogP contribution < -0.4 is 0 Å². The average molecular weight is 295 g/mol. The molecule has 0 bridgehead atoms. The van der Waals surface area contributed by atoms with E-state index in [-0.39, 0.29) is 13.0 Å².